The highest BCUT2D eigenvalue weighted by atomic mass is 16.6. The maximum Gasteiger partial charge on any atom is 0.338 e. The predicted molar refractivity (Wildman–Crippen MR) is 94.3 cm³/mol. The van der Waals surface area contributed by atoms with Gasteiger partial charge >= 0.3 is 17.7 Å². The van der Waals surface area contributed by atoms with Crippen molar-refractivity contribution in [3.8, 4) is 11.5 Å². The molecule has 1 aliphatic rings. The number of phenols is 1. The van der Waals surface area contributed by atoms with Crippen LogP contribution in [-0.4, -0.2) is 34.7 Å². The summed E-state index contributed by atoms with van der Waals surface area (Å²) in [7, 11) is 0. The molecule has 1 aromatic rings. The van der Waals surface area contributed by atoms with Gasteiger partial charge in [-0.15, -0.1) is 0 Å². The van der Waals surface area contributed by atoms with Crippen molar-refractivity contribution in [1.29, 1.82) is 0 Å². The lowest BCUT2D eigenvalue weighted by Crippen LogP contribution is -2.45. The molecule has 0 radical (unpaired) electrons. The van der Waals surface area contributed by atoms with Gasteiger partial charge in [0.2, 0.25) is 5.75 Å². The first-order valence-electron chi connectivity index (χ1n) is 8.29. The van der Waals surface area contributed by atoms with Crippen molar-refractivity contribution in [2.75, 3.05) is 6.61 Å². The van der Waals surface area contributed by atoms with Crippen LogP contribution in [0.3, 0.4) is 0 Å². The number of hydrogen-bond acceptors (Lipinski definition) is 7. The van der Waals surface area contributed by atoms with Gasteiger partial charge in [-0.3, -0.25) is 10.1 Å². The summed E-state index contributed by atoms with van der Waals surface area (Å²) < 4.78 is 10.5. The molecule has 2 rings (SSSR count). The number of ether oxygens (including phenoxy) is 2. The fraction of sp³-hybridized carbons (Fsp3) is 0.412. The minimum atomic E-state index is -1.01. The third kappa shape index (κ3) is 4.27. The average Bonchev–Trinajstić information content (AvgIpc) is 2.55. The van der Waals surface area contributed by atoms with Gasteiger partial charge in [-0.25, -0.2) is 9.59 Å². The van der Waals surface area contributed by atoms with Crippen LogP contribution in [0.2, 0.25) is 0 Å². The largest absolute Gasteiger partial charge is 0.500 e. The maximum absolute atomic E-state index is 12.5. The number of carbonyl (C=O) groups excluding carboxylic acids is 2. The molecule has 0 aromatic heterocycles. The lowest BCUT2D eigenvalue weighted by atomic mass is 9.94. The third-order valence-corrected chi connectivity index (χ3v) is 3.74. The Balaban J connectivity index is 2.61. The van der Waals surface area contributed by atoms with Crippen LogP contribution in [0, 0.1) is 10.1 Å². The van der Waals surface area contributed by atoms with Gasteiger partial charge in [-0.05, 0) is 39.3 Å². The Bertz CT molecular complexity index is 817. The Morgan fingerprint density at radius 3 is 2.63 bits per heavy atom. The van der Waals surface area contributed by atoms with Gasteiger partial charge in [-0.1, -0.05) is 0 Å². The van der Waals surface area contributed by atoms with Crippen LogP contribution in [0.1, 0.15) is 39.3 Å². The number of carbonyl (C=O) groups is 2. The van der Waals surface area contributed by atoms with E-state index < -0.39 is 40.5 Å². The molecule has 1 atom stereocenters. The number of nitrogens with one attached hydrogen (secondary N) is 2. The number of nitro benzene ring substituents is 1. The second kappa shape index (κ2) is 7.94. The van der Waals surface area contributed by atoms with E-state index in [1.54, 1.807) is 20.8 Å². The van der Waals surface area contributed by atoms with Crippen LogP contribution in [0.25, 0.3) is 0 Å². The molecule has 10 heteroatoms. The Labute approximate surface area is 155 Å². The van der Waals surface area contributed by atoms with Crippen LogP contribution in [0.15, 0.2) is 23.4 Å². The first kappa shape index (κ1) is 20.0. The standard InChI is InChI=1S/C17H21N3O7/c1-5-26-12-7-10(6-11(15(12)21)20(24)25)14-13(16(22)27-8(2)3)9(4)18-17(23)19-14/h6-8,14,21H,5H2,1-4H3,(H2,18,19,23)/t14-/m1/s1. The lowest BCUT2D eigenvalue weighted by Gasteiger charge is -2.28. The van der Waals surface area contributed by atoms with Gasteiger partial charge in [-0.2, -0.15) is 0 Å². The summed E-state index contributed by atoms with van der Waals surface area (Å²) in [5, 5.41) is 26.4. The average molecular weight is 379 g/mol. The summed E-state index contributed by atoms with van der Waals surface area (Å²) in [6.07, 6.45) is -0.399. The van der Waals surface area contributed by atoms with Crippen LogP contribution < -0.4 is 15.4 Å². The number of benzene rings is 1. The molecule has 0 spiro atoms. The summed E-state index contributed by atoms with van der Waals surface area (Å²) in [5.41, 5.74) is -0.0281. The molecule has 0 fully saturated rings. The Kier molecular flexibility index (Phi) is 5.88. The number of allylic oxidation sites excluding steroid dienone is 1. The molecular formula is C17H21N3O7. The van der Waals surface area contributed by atoms with Crippen molar-refractivity contribution in [2.24, 2.45) is 0 Å². The zero-order valence-corrected chi connectivity index (χ0v) is 15.4. The molecule has 0 unspecified atom stereocenters. The first-order chi connectivity index (χ1) is 12.6. The number of phenolic OH excluding ortho intramolecular Hbond substituents is 1. The Hall–Kier alpha value is -3.30. The number of hydrogen-bond donors (Lipinski definition) is 3. The van der Waals surface area contributed by atoms with Crippen LogP contribution in [0.4, 0.5) is 10.5 Å². The zero-order valence-electron chi connectivity index (χ0n) is 15.4. The Morgan fingerprint density at radius 1 is 1.41 bits per heavy atom. The number of urea groups is 1. The van der Waals surface area contributed by atoms with E-state index in [-0.39, 0.29) is 29.2 Å². The molecule has 1 aliphatic heterocycles. The van der Waals surface area contributed by atoms with Crippen LogP contribution in [-0.2, 0) is 9.53 Å². The number of rotatable bonds is 6. The van der Waals surface area contributed by atoms with E-state index in [4.69, 9.17) is 9.47 Å². The van der Waals surface area contributed by atoms with Gasteiger partial charge < -0.3 is 25.2 Å². The molecule has 1 aromatic carbocycles. The van der Waals surface area contributed by atoms with Crippen LogP contribution >= 0.6 is 0 Å². The highest BCUT2D eigenvalue weighted by Crippen LogP contribution is 2.40. The van der Waals surface area contributed by atoms with Crippen molar-refractivity contribution in [3.63, 3.8) is 0 Å². The molecule has 0 aliphatic carbocycles. The second-order valence-corrected chi connectivity index (χ2v) is 6.10. The maximum atomic E-state index is 12.5. The van der Waals surface area contributed by atoms with E-state index in [1.807, 2.05) is 0 Å². The molecule has 10 nitrogen and oxygen atoms in total. The van der Waals surface area contributed by atoms with Crippen LogP contribution in [0.5, 0.6) is 11.5 Å². The van der Waals surface area contributed by atoms with Gasteiger partial charge in [0, 0.05) is 11.8 Å². The van der Waals surface area contributed by atoms with Crippen molar-refractivity contribution in [1.82, 2.24) is 10.6 Å². The number of amides is 2. The topological polar surface area (TPSA) is 140 Å². The van der Waals surface area contributed by atoms with Crippen molar-refractivity contribution >= 4 is 17.7 Å². The number of esters is 1. The number of nitrogens with zero attached hydrogens (tertiary/aromatic N) is 1. The minimum Gasteiger partial charge on any atom is -0.500 e. The van der Waals surface area contributed by atoms with E-state index in [2.05, 4.69) is 10.6 Å². The van der Waals surface area contributed by atoms with E-state index in [9.17, 15) is 24.8 Å². The first-order valence-corrected chi connectivity index (χ1v) is 8.29. The fourth-order valence-corrected chi connectivity index (χ4v) is 2.68. The predicted octanol–water partition coefficient (Wildman–Crippen LogP) is 2.28. The summed E-state index contributed by atoms with van der Waals surface area (Å²) in [4.78, 5) is 35.0. The summed E-state index contributed by atoms with van der Waals surface area (Å²) in [6, 6.07) is 0.845. The quantitative estimate of drug-likeness (QED) is 0.391. The number of aromatic hydroxyl groups is 1. The summed E-state index contributed by atoms with van der Waals surface area (Å²) >= 11 is 0. The molecule has 146 valence electrons. The summed E-state index contributed by atoms with van der Waals surface area (Å²) in [5.74, 6) is -1.42. The smallest absolute Gasteiger partial charge is 0.338 e. The Morgan fingerprint density at radius 2 is 2.07 bits per heavy atom. The molecule has 27 heavy (non-hydrogen) atoms. The SMILES string of the molecule is CCOc1cc([C@H]2NC(=O)NC(C)=C2C(=O)OC(C)C)cc([N+](=O)[O-])c1O. The third-order valence-electron chi connectivity index (χ3n) is 3.74. The van der Waals surface area contributed by atoms with E-state index >= 15 is 0 Å². The second-order valence-electron chi connectivity index (χ2n) is 6.10. The molecule has 0 bridgehead atoms. The van der Waals surface area contributed by atoms with Gasteiger partial charge in [0.1, 0.15) is 0 Å². The van der Waals surface area contributed by atoms with Crippen molar-refractivity contribution in [2.45, 2.75) is 39.8 Å². The molecule has 1 heterocycles. The van der Waals surface area contributed by atoms with E-state index in [0.717, 1.165) is 6.07 Å². The highest BCUT2D eigenvalue weighted by Gasteiger charge is 2.35. The normalized spacial score (nSPS) is 16.6. The molecule has 0 saturated heterocycles. The zero-order chi connectivity index (χ0) is 20.3. The molecule has 2 amide bonds. The fourth-order valence-electron chi connectivity index (χ4n) is 2.68. The minimum absolute atomic E-state index is 0.103. The van der Waals surface area contributed by atoms with E-state index in [0.29, 0.717) is 0 Å². The molecular weight excluding hydrogens is 358 g/mol. The van der Waals surface area contributed by atoms with Gasteiger partial charge in [0.05, 0.1) is 29.2 Å². The monoisotopic (exact) mass is 379 g/mol. The lowest BCUT2D eigenvalue weighted by molar-refractivity contribution is -0.386. The van der Waals surface area contributed by atoms with Crippen molar-refractivity contribution < 1.29 is 29.1 Å². The highest BCUT2D eigenvalue weighted by molar-refractivity contribution is 5.95. The van der Waals surface area contributed by atoms with E-state index in [1.165, 1.54) is 13.0 Å². The van der Waals surface area contributed by atoms with Gasteiger partial charge in [0.15, 0.2) is 5.75 Å². The van der Waals surface area contributed by atoms with Crippen molar-refractivity contribution in [3.05, 3.63) is 39.1 Å². The molecule has 3 N–H and O–H groups in total. The van der Waals surface area contributed by atoms with Gasteiger partial charge in [0.25, 0.3) is 0 Å². The summed E-state index contributed by atoms with van der Waals surface area (Å²) in [6.45, 7) is 6.69. The number of nitro groups is 1. The molecule has 0 saturated carbocycles.